The zero-order valence-corrected chi connectivity index (χ0v) is 14.4. The molecule has 27 heavy (non-hydrogen) atoms. The van der Waals surface area contributed by atoms with Gasteiger partial charge in [-0.15, -0.1) is 0 Å². The second-order valence-electron chi connectivity index (χ2n) is 6.13. The maximum absolute atomic E-state index is 11.2. The predicted octanol–water partition coefficient (Wildman–Crippen LogP) is 4.56. The van der Waals surface area contributed by atoms with Crippen molar-refractivity contribution in [1.29, 1.82) is 0 Å². The van der Waals surface area contributed by atoms with Crippen LogP contribution in [0.5, 0.6) is 0 Å². The summed E-state index contributed by atoms with van der Waals surface area (Å²) in [6.07, 6.45) is 7.47. The highest BCUT2D eigenvalue weighted by atomic mass is 16.6. The Bertz CT molecular complexity index is 1130. The number of hydrogen-bond acceptors (Lipinski definition) is 4. The molecule has 6 heteroatoms. The molecule has 6 nitrogen and oxygen atoms in total. The summed E-state index contributed by atoms with van der Waals surface area (Å²) < 4.78 is 1.87. The molecular weight excluding hydrogens is 340 g/mol. The molecule has 0 aliphatic carbocycles. The smallest absolute Gasteiger partial charge is 0.268 e. The van der Waals surface area contributed by atoms with Crippen LogP contribution >= 0.6 is 0 Å². The fraction of sp³-hybridized carbons (Fsp3) is 0.0476. The van der Waals surface area contributed by atoms with Crippen LogP contribution < -0.4 is 0 Å². The minimum atomic E-state index is -0.406. The van der Waals surface area contributed by atoms with E-state index in [1.54, 1.807) is 12.3 Å². The van der Waals surface area contributed by atoms with Crippen molar-refractivity contribution in [3.8, 4) is 0 Å². The Labute approximate surface area is 155 Å². The van der Waals surface area contributed by atoms with Gasteiger partial charge in [-0.05, 0) is 23.8 Å². The first kappa shape index (κ1) is 16.7. The van der Waals surface area contributed by atoms with Gasteiger partial charge in [-0.25, -0.2) is 4.98 Å². The van der Waals surface area contributed by atoms with Gasteiger partial charge in [-0.2, -0.15) is 5.10 Å². The molecule has 2 aromatic heterocycles. The van der Waals surface area contributed by atoms with Crippen molar-refractivity contribution < 1.29 is 4.92 Å². The quantitative estimate of drug-likeness (QED) is 0.388. The molecule has 2 aromatic carbocycles. The van der Waals surface area contributed by atoms with Crippen LogP contribution in [-0.4, -0.2) is 19.7 Å². The molecule has 0 saturated heterocycles. The van der Waals surface area contributed by atoms with Crippen LogP contribution in [0, 0.1) is 10.1 Å². The van der Waals surface area contributed by atoms with Crippen molar-refractivity contribution in [3.63, 3.8) is 0 Å². The summed E-state index contributed by atoms with van der Waals surface area (Å²) in [4.78, 5) is 15.2. The average Bonchev–Trinajstić information content (AvgIpc) is 3.13. The van der Waals surface area contributed by atoms with Crippen molar-refractivity contribution in [2.24, 2.45) is 0 Å². The monoisotopic (exact) mass is 356 g/mol. The molecule has 0 unspecified atom stereocenters. The molecule has 4 rings (SSSR count). The molecule has 0 fully saturated rings. The van der Waals surface area contributed by atoms with E-state index in [4.69, 9.17) is 0 Å². The lowest BCUT2D eigenvalue weighted by molar-refractivity contribution is -0.383. The minimum absolute atomic E-state index is 0.0124. The highest BCUT2D eigenvalue weighted by Gasteiger charge is 2.12. The van der Waals surface area contributed by atoms with Crippen LogP contribution in [0.15, 0.2) is 73.1 Å². The number of nitrogens with zero attached hydrogens (tertiary/aromatic N) is 4. The van der Waals surface area contributed by atoms with Crippen molar-refractivity contribution in [1.82, 2.24) is 14.8 Å². The summed E-state index contributed by atoms with van der Waals surface area (Å²) in [6, 6.07) is 18.7. The summed E-state index contributed by atoms with van der Waals surface area (Å²) in [7, 11) is 0. The largest absolute Gasteiger partial charge is 0.295 e. The minimum Gasteiger partial charge on any atom is -0.268 e. The van der Waals surface area contributed by atoms with E-state index in [1.165, 1.54) is 11.6 Å². The normalized spacial score (nSPS) is 11.3. The first-order chi connectivity index (χ1) is 13.2. The number of pyridine rings is 1. The molecule has 0 amide bonds. The van der Waals surface area contributed by atoms with Gasteiger partial charge in [0.2, 0.25) is 0 Å². The van der Waals surface area contributed by atoms with Gasteiger partial charge in [0.05, 0.1) is 23.4 Å². The summed E-state index contributed by atoms with van der Waals surface area (Å²) in [6.45, 7) is 0.703. The highest BCUT2D eigenvalue weighted by molar-refractivity contribution is 5.88. The van der Waals surface area contributed by atoms with Gasteiger partial charge in [0, 0.05) is 23.2 Å². The standard InChI is InChI=1S/C21H16N4O2/c26-25(27)20-8-4-7-18-10-12-19(23-21(18)20)11-9-17-13-22-24(15-17)14-16-5-2-1-3-6-16/h1-13,15H,14H2/b11-9+. The summed E-state index contributed by atoms with van der Waals surface area (Å²) >= 11 is 0. The summed E-state index contributed by atoms with van der Waals surface area (Å²) in [5.74, 6) is 0. The lowest BCUT2D eigenvalue weighted by Crippen LogP contribution is -1.99. The van der Waals surface area contributed by atoms with Gasteiger partial charge in [0.15, 0.2) is 0 Å². The number of hydrogen-bond donors (Lipinski definition) is 0. The Hall–Kier alpha value is -3.80. The third kappa shape index (κ3) is 3.74. The third-order valence-electron chi connectivity index (χ3n) is 4.20. The Morgan fingerprint density at radius 1 is 1.00 bits per heavy atom. The first-order valence-electron chi connectivity index (χ1n) is 8.48. The molecule has 0 aliphatic rings. The van der Waals surface area contributed by atoms with Gasteiger partial charge >= 0.3 is 0 Å². The van der Waals surface area contributed by atoms with Crippen LogP contribution in [0.4, 0.5) is 5.69 Å². The van der Waals surface area contributed by atoms with E-state index in [1.807, 2.05) is 59.4 Å². The maximum Gasteiger partial charge on any atom is 0.295 e. The maximum atomic E-state index is 11.2. The molecule has 0 bridgehead atoms. The summed E-state index contributed by atoms with van der Waals surface area (Å²) in [5.41, 5.74) is 3.19. The van der Waals surface area contributed by atoms with Gasteiger partial charge in [-0.1, -0.05) is 48.5 Å². The van der Waals surface area contributed by atoms with E-state index in [9.17, 15) is 10.1 Å². The number of nitro benzene ring substituents is 1. The van der Waals surface area contributed by atoms with Crippen LogP contribution in [0.1, 0.15) is 16.8 Å². The topological polar surface area (TPSA) is 73.8 Å². The van der Waals surface area contributed by atoms with Crippen molar-refractivity contribution >= 4 is 28.7 Å². The van der Waals surface area contributed by atoms with E-state index in [0.29, 0.717) is 17.8 Å². The zero-order chi connectivity index (χ0) is 18.6. The number of nitro groups is 1. The lowest BCUT2D eigenvalue weighted by atomic mass is 10.1. The van der Waals surface area contributed by atoms with Crippen molar-refractivity contribution in [3.05, 3.63) is 100.0 Å². The van der Waals surface area contributed by atoms with E-state index in [-0.39, 0.29) is 5.69 Å². The van der Waals surface area contributed by atoms with Crippen LogP contribution in [0.2, 0.25) is 0 Å². The van der Waals surface area contributed by atoms with Gasteiger partial charge in [0.1, 0.15) is 5.52 Å². The number of fused-ring (bicyclic) bond motifs is 1. The first-order valence-corrected chi connectivity index (χ1v) is 8.48. The molecule has 0 N–H and O–H groups in total. The zero-order valence-electron chi connectivity index (χ0n) is 14.4. The molecule has 0 atom stereocenters. The average molecular weight is 356 g/mol. The van der Waals surface area contributed by atoms with E-state index in [2.05, 4.69) is 22.2 Å². The lowest BCUT2D eigenvalue weighted by Gasteiger charge is -2.00. The number of aromatic nitrogens is 3. The van der Waals surface area contributed by atoms with E-state index >= 15 is 0 Å². The number of non-ortho nitro benzene ring substituents is 1. The van der Waals surface area contributed by atoms with Crippen LogP contribution in [-0.2, 0) is 6.54 Å². The van der Waals surface area contributed by atoms with Crippen LogP contribution in [0.25, 0.3) is 23.1 Å². The fourth-order valence-electron chi connectivity index (χ4n) is 2.89. The number of benzene rings is 2. The van der Waals surface area contributed by atoms with Crippen molar-refractivity contribution in [2.45, 2.75) is 6.54 Å². The molecule has 4 aromatic rings. The molecule has 0 spiro atoms. The molecule has 132 valence electrons. The molecule has 0 saturated carbocycles. The number of para-hydroxylation sites is 1. The highest BCUT2D eigenvalue weighted by Crippen LogP contribution is 2.24. The van der Waals surface area contributed by atoms with E-state index < -0.39 is 4.92 Å². The molecule has 2 heterocycles. The third-order valence-corrected chi connectivity index (χ3v) is 4.20. The Morgan fingerprint density at radius 3 is 2.67 bits per heavy atom. The fourth-order valence-corrected chi connectivity index (χ4v) is 2.89. The van der Waals surface area contributed by atoms with Gasteiger partial charge < -0.3 is 0 Å². The molecule has 0 radical (unpaired) electrons. The summed E-state index contributed by atoms with van der Waals surface area (Å²) in [5, 5.41) is 16.3. The SMILES string of the molecule is O=[N+]([O-])c1cccc2ccc(/C=C/c3cnn(Cc4ccccc4)c3)nc12. The van der Waals surface area contributed by atoms with Crippen LogP contribution in [0.3, 0.4) is 0 Å². The Balaban J connectivity index is 1.56. The van der Waals surface area contributed by atoms with Crippen molar-refractivity contribution in [2.75, 3.05) is 0 Å². The van der Waals surface area contributed by atoms with Gasteiger partial charge in [-0.3, -0.25) is 14.8 Å². The van der Waals surface area contributed by atoms with E-state index in [0.717, 1.165) is 10.9 Å². The second kappa shape index (κ2) is 7.21. The Morgan fingerprint density at radius 2 is 1.85 bits per heavy atom. The molecular formula is C21H16N4O2. The molecule has 0 aliphatic heterocycles. The Kier molecular flexibility index (Phi) is 4.45. The predicted molar refractivity (Wildman–Crippen MR) is 105 cm³/mol. The second-order valence-corrected chi connectivity index (χ2v) is 6.13. The van der Waals surface area contributed by atoms with Gasteiger partial charge in [0.25, 0.3) is 5.69 Å². The number of rotatable bonds is 5.